The number of hydrogen-bond acceptors (Lipinski definition) is 6. The molecule has 0 aromatic carbocycles. The average Bonchev–Trinajstić information content (AvgIpc) is 2.91. The normalized spacial score (nSPS) is 26.5. The number of nitrogens with one attached hydrogen (secondary N) is 2. The van der Waals surface area contributed by atoms with Gasteiger partial charge in [0, 0.05) is 12.6 Å². The molecule has 0 bridgehead atoms. The molecule has 1 aliphatic rings. The number of rotatable bonds is 6. The largest absolute Gasteiger partial charge is 0.360 e. The Morgan fingerprint density at radius 2 is 2.18 bits per heavy atom. The molecule has 0 aliphatic heterocycles. The van der Waals surface area contributed by atoms with Gasteiger partial charge in [0.05, 0.1) is 5.25 Å². The number of nitrogens with zero attached hydrogens (tertiary/aromatic N) is 2. The van der Waals surface area contributed by atoms with Crippen LogP contribution in [0.3, 0.4) is 0 Å². The Hall–Kier alpha value is -0.820. The van der Waals surface area contributed by atoms with Crippen molar-refractivity contribution in [2.75, 3.05) is 11.9 Å². The summed E-state index contributed by atoms with van der Waals surface area (Å²) in [6.45, 7) is 9.32. The molecule has 1 saturated carbocycles. The van der Waals surface area contributed by atoms with Crippen molar-refractivity contribution in [3.63, 3.8) is 0 Å². The van der Waals surface area contributed by atoms with Gasteiger partial charge in [0.1, 0.15) is 0 Å². The van der Waals surface area contributed by atoms with Gasteiger partial charge in [-0.3, -0.25) is 4.79 Å². The van der Waals surface area contributed by atoms with Crippen LogP contribution in [0, 0.1) is 11.8 Å². The van der Waals surface area contributed by atoms with E-state index in [1.54, 1.807) is 0 Å². The number of anilines is 1. The summed E-state index contributed by atoms with van der Waals surface area (Å²) in [5.41, 5.74) is 0. The Kier molecular flexibility index (Phi) is 6.50. The highest BCUT2D eigenvalue weighted by Crippen LogP contribution is 2.31. The zero-order valence-corrected chi connectivity index (χ0v) is 15.4. The molecule has 1 amide bonds. The van der Waals surface area contributed by atoms with Crippen LogP contribution in [0.25, 0.3) is 0 Å². The molecule has 22 heavy (non-hydrogen) atoms. The molecule has 1 fully saturated rings. The van der Waals surface area contributed by atoms with Crippen LogP contribution in [0.15, 0.2) is 4.34 Å². The molecule has 7 heteroatoms. The van der Waals surface area contributed by atoms with E-state index in [4.69, 9.17) is 0 Å². The summed E-state index contributed by atoms with van der Waals surface area (Å²) < 4.78 is 0.837. The fraction of sp³-hybridized carbons (Fsp3) is 0.800. The molecule has 0 radical (unpaired) electrons. The highest BCUT2D eigenvalue weighted by molar-refractivity contribution is 8.02. The molecule has 2 N–H and O–H groups in total. The number of carbonyl (C=O) groups excluding carboxylic acids is 1. The summed E-state index contributed by atoms with van der Waals surface area (Å²) in [4.78, 5) is 12.4. The Morgan fingerprint density at radius 1 is 1.41 bits per heavy atom. The van der Waals surface area contributed by atoms with E-state index < -0.39 is 0 Å². The highest BCUT2D eigenvalue weighted by atomic mass is 32.2. The molecule has 2 rings (SSSR count). The molecule has 4 atom stereocenters. The van der Waals surface area contributed by atoms with Gasteiger partial charge in [-0.15, -0.1) is 10.2 Å². The first-order valence-electron chi connectivity index (χ1n) is 8.05. The molecule has 124 valence electrons. The number of carbonyl (C=O) groups is 1. The zero-order chi connectivity index (χ0) is 16.1. The van der Waals surface area contributed by atoms with Crippen LogP contribution in [0.5, 0.6) is 0 Å². The average molecular weight is 343 g/mol. The molecule has 5 nitrogen and oxygen atoms in total. The first kappa shape index (κ1) is 17.5. The summed E-state index contributed by atoms with van der Waals surface area (Å²) in [5.74, 6) is 1.35. The van der Waals surface area contributed by atoms with E-state index in [0.29, 0.717) is 17.9 Å². The van der Waals surface area contributed by atoms with E-state index in [0.717, 1.165) is 22.4 Å². The monoisotopic (exact) mass is 342 g/mol. The minimum Gasteiger partial charge on any atom is -0.360 e. The van der Waals surface area contributed by atoms with Crippen molar-refractivity contribution < 1.29 is 4.79 Å². The lowest BCUT2D eigenvalue weighted by Gasteiger charge is -2.35. The van der Waals surface area contributed by atoms with E-state index >= 15 is 0 Å². The lowest BCUT2D eigenvalue weighted by Crippen LogP contribution is -2.46. The van der Waals surface area contributed by atoms with Crippen LogP contribution >= 0.6 is 23.1 Å². The van der Waals surface area contributed by atoms with Gasteiger partial charge in [-0.25, -0.2) is 0 Å². The van der Waals surface area contributed by atoms with E-state index in [-0.39, 0.29) is 11.2 Å². The molecule has 0 spiro atoms. The van der Waals surface area contributed by atoms with Gasteiger partial charge in [0.25, 0.3) is 0 Å². The first-order valence-corrected chi connectivity index (χ1v) is 9.75. The third-order valence-corrected chi connectivity index (χ3v) is 6.48. The van der Waals surface area contributed by atoms with Crippen LogP contribution in [0.1, 0.15) is 47.0 Å². The van der Waals surface area contributed by atoms with Crippen molar-refractivity contribution in [1.29, 1.82) is 0 Å². The molecule has 1 aromatic rings. The van der Waals surface area contributed by atoms with Crippen molar-refractivity contribution in [3.05, 3.63) is 0 Å². The maximum absolute atomic E-state index is 12.4. The van der Waals surface area contributed by atoms with Gasteiger partial charge in [-0.05, 0) is 32.1 Å². The van der Waals surface area contributed by atoms with Crippen LogP contribution in [-0.2, 0) is 4.79 Å². The van der Waals surface area contributed by atoms with Gasteiger partial charge in [-0.1, -0.05) is 49.8 Å². The second-order valence-electron chi connectivity index (χ2n) is 6.05. The van der Waals surface area contributed by atoms with Crippen molar-refractivity contribution in [3.8, 4) is 0 Å². The predicted molar refractivity (Wildman–Crippen MR) is 93.5 cm³/mol. The Bertz CT molecular complexity index is 494. The van der Waals surface area contributed by atoms with Crippen LogP contribution in [0.4, 0.5) is 5.13 Å². The standard InChI is InChI=1S/C15H26N4OS2/c1-5-16-14-18-19-15(22-14)21-11(4)13(20)17-12-8-6-7-9(2)10(12)3/h9-12H,5-8H2,1-4H3,(H,16,18)(H,17,20)/t9-,10+,11+,12+/m1/s1. The van der Waals surface area contributed by atoms with E-state index in [1.807, 2.05) is 13.8 Å². The molecular weight excluding hydrogens is 316 g/mol. The van der Waals surface area contributed by atoms with Crippen molar-refractivity contribution in [2.24, 2.45) is 11.8 Å². The highest BCUT2D eigenvalue weighted by Gasteiger charge is 2.29. The maximum Gasteiger partial charge on any atom is 0.233 e. The van der Waals surface area contributed by atoms with E-state index in [9.17, 15) is 4.79 Å². The number of aromatic nitrogens is 2. The predicted octanol–water partition coefficient (Wildman–Crippen LogP) is 3.39. The molecule has 1 aliphatic carbocycles. The third-order valence-electron chi connectivity index (χ3n) is 4.42. The van der Waals surface area contributed by atoms with Crippen molar-refractivity contribution >= 4 is 34.1 Å². The summed E-state index contributed by atoms with van der Waals surface area (Å²) in [6.07, 6.45) is 3.58. The smallest absolute Gasteiger partial charge is 0.233 e. The topological polar surface area (TPSA) is 66.9 Å². The minimum absolute atomic E-state index is 0.108. The number of amides is 1. The molecule has 1 heterocycles. The summed E-state index contributed by atoms with van der Waals surface area (Å²) in [6, 6.07) is 0.311. The van der Waals surface area contributed by atoms with Crippen molar-refractivity contribution in [1.82, 2.24) is 15.5 Å². The maximum atomic E-state index is 12.4. The van der Waals surface area contributed by atoms with E-state index in [1.165, 1.54) is 35.9 Å². The quantitative estimate of drug-likeness (QED) is 0.776. The van der Waals surface area contributed by atoms with Gasteiger partial charge in [-0.2, -0.15) is 0 Å². The fourth-order valence-corrected chi connectivity index (χ4v) is 4.74. The second kappa shape index (κ2) is 8.15. The van der Waals surface area contributed by atoms with Crippen molar-refractivity contribution in [2.45, 2.75) is 62.6 Å². The van der Waals surface area contributed by atoms with Crippen LogP contribution < -0.4 is 10.6 Å². The Balaban J connectivity index is 1.85. The van der Waals surface area contributed by atoms with E-state index in [2.05, 4.69) is 34.7 Å². The number of thioether (sulfide) groups is 1. The summed E-state index contributed by atoms with van der Waals surface area (Å²) in [7, 11) is 0. The summed E-state index contributed by atoms with van der Waals surface area (Å²) >= 11 is 2.98. The number of hydrogen-bond donors (Lipinski definition) is 2. The zero-order valence-electron chi connectivity index (χ0n) is 13.8. The second-order valence-corrected chi connectivity index (χ2v) is 8.61. The molecular formula is C15H26N4OS2. The lowest BCUT2D eigenvalue weighted by atomic mass is 9.78. The Labute approximate surface area is 141 Å². The lowest BCUT2D eigenvalue weighted by molar-refractivity contribution is -0.121. The van der Waals surface area contributed by atoms with Crippen LogP contribution in [0.2, 0.25) is 0 Å². The fourth-order valence-electron chi connectivity index (χ4n) is 2.77. The first-order chi connectivity index (χ1) is 10.5. The minimum atomic E-state index is -0.146. The molecule has 0 unspecified atom stereocenters. The Morgan fingerprint density at radius 3 is 2.91 bits per heavy atom. The molecule has 0 saturated heterocycles. The SMILES string of the molecule is CCNc1nnc(S[C@@H](C)C(=O)N[C@H]2CCC[C@@H](C)[C@@H]2C)s1. The van der Waals surface area contributed by atoms with Gasteiger partial charge < -0.3 is 10.6 Å². The summed E-state index contributed by atoms with van der Waals surface area (Å²) in [5, 5.41) is 15.2. The molecule has 1 aromatic heterocycles. The third kappa shape index (κ3) is 4.59. The van der Waals surface area contributed by atoms with Crippen LogP contribution in [-0.4, -0.2) is 33.9 Å². The van der Waals surface area contributed by atoms with Gasteiger partial charge in [0.2, 0.25) is 11.0 Å². The van der Waals surface area contributed by atoms with Gasteiger partial charge >= 0.3 is 0 Å². The van der Waals surface area contributed by atoms with Gasteiger partial charge in [0.15, 0.2) is 4.34 Å².